The van der Waals surface area contributed by atoms with Gasteiger partial charge in [-0.25, -0.2) is 9.82 Å². The van der Waals surface area contributed by atoms with Crippen LogP contribution in [0.15, 0.2) is 53.8 Å². The summed E-state index contributed by atoms with van der Waals surface area (Å²) >= 11 is 0. The maximum Gasteiger partial charge on any atom is 0.259 e. The molecule has 1 aromatic carbocycles. The summed E-state index contributed by atoms with van der Waals surface area (Å²) in [5.41, 5.74) is 2.98. The van der Waals surface area contributed by atoms with Crippen LogP contribution in [-0.4, -0.2) is 29.6 Å². The fourth-order valence-corrected chi connectivity index (χ4v) is 1.55. The quantitative estimate of drug-likeness (QED) is 0.640. The van der Waals surface area contributed by atoms with Gasteiger partial charge in [0.25, 0.3) is 11.8 Å². The number of carbonyl (C=O) groups excluding carboxylic acids is 2. The summed E-state index contributed by atoms with van der Waals surface area (Å²) in [6.45, 7) is -0.269. The minimum Gasteiger partial charge on any atom is -0.343 e. The van der Waals surface area contributed by atoms with Gasteiger partial charge < -0.3 is 5.32 Å². The van der Waals surface area contributed by atoms with Crippen molar-refractivity contribution in [3.63, 3.8) is 0 Å². The third kappa shape index (κ3) is 4.78. The molecular formula is C15H13FN4O2. The molecule has 0 aliphatic rings. The summed E-state index contributed by atoms with van der Waals surface area (Å²) in [7, 11) is 0. The largest absolute Gasteiger partial charge is 0.343 e. The van der Waals surface area contributed by atoms with Crippen molar-refractivity contribution in [1.82, 2.24) is 15.7 Å². The molecule has 0 atom stereocenters. The number of carbonyl (C=O) groups is 2. The number of pyridine rings is 1. The first-order chi connectivity index (χ1) is 10.6. The fourth-order valence-electron chi connectivity index (χ4n) is 1.55. The van der Waals surface area contributed by atoms with Gasteiger partial charge in [0.2, 0.25) is 0 Å². The number of rotatable bonds is 5. The van der Waals surface area contributed by atoms with Crippen LogP contribution >= 0.6 is 0 Å². The topological polar surface area (TPSA) is 83.5 Å². The van der Waals surface area contributed by atoms with Gasteiger partial charge >= 0.3 is 0 Å². The average Bonchev–Trinajstić information content (AvgIpc) is 2.53. The fraction of sp³-hybridized carbons (Fsp3) is 0.0667. The molecule has 2 rings (SSSR count). The third-order valence-electron chi connectivity index (χ3n) is 2.57. The lowest BCUT2D eigenvalue weighted by Crippen LogP contribution is -2.34. The van der Waals surface area contributed by atoms with Crippen molar-refractivity contribution >= 4 is 18.0 Å². The smallest absolute Gasteiger partial charge is 0.259 e. The van der Waals surface area contributed by atoms with Gasteiger partial charge in [0.05, 0.1) is 18.5 Å². The highest BCUT2D eigenvalue weighted by Crippen LogP contribution is 2.02. The molecule has 112 valence electrons. The van der Waals surface area contributed by atoms with E-state index in [0.29, 0.717) is 5.69 Å². The molecule has 0 radical (unpaired) electrons. The predicted molar refractivity (Wildman–Crippen MR) is 78.7 cm³/mol. The number of benzene rings is 1. The summed E-state index contributed by atoms with van der Waals surface area (Å²) in [4.78, 5) is 27.2. The number of amides is 2. The normalized spacial score (nSPS) is 10.4. The first-order valence-electron chi connectivity index (χ1n) is 6.42. The molecule has 2 amide bonds. The van der Waals surface area contributed by atoms with Crippen LogP contribution < -0.4 is 10.7 Å². The highest BCUT2D eigenvalue weighted by atomic mass is 19.1. The number of nitrogens with one attached hydrogen (secondary N) is 2. The number of hydrogen-bond acceptors (Lipinski definition) is 4. The molecule has 0 saturated heterocycles. The van der Waals surface area contributed by atoms with Crippen LogP contribution in [0.25, 0.3) is 0 Å². The van der Waals surface area contributed by atoms with Gasteiger partial charge in [-0.3, -0.25) is 14.6 Å². The molecule has 0 fully saturated rings. The van der Waals surface area contributed by atoms with E-state index in [-0.39, 0.29) is 12.1 Å². The van der Waals surface area contributed by atoms with E-state index in [1.165, 1.54) is 24.4 Å². The molecule has 7 heteroatoms. The second-order valence-electron chi connectivity index (χ2n) is 4.24. The molecule has 0 spiro atoms. The first kappa shape index (κ1) is 15.3. The van der Waals surface area contributed by atoms with Crippen molar-refractivity contribution in [3.8, 4) is 0 Å². The Morgan fingerprint density at radius 2 is 2.09 bits per heavy atom. The second-order valence-corrected chi connectivity index (χ2v) is 4.24. The van der Waals surface area contributed by atoms with E-state index < -0.39 is 17.6 Å². The van der Waals surface area contributed by atoms with Crippen molar-refractivity contribution in [3.05, 3.63) is 65.7 Å². The van der Waals surface area contributed by atoms with Gasteiger partial charge in [0.1, 0.15) is 5.82 Å². The number of halogens is 1. The maximum atomic E-state index is 13.0. The Hall–Kier alpha value is -3.09. The zero-order valence-electron chi connectivity index (χ0n) is 11.5. The van der Waals surface area contributed by atoms with Crippen molar-refractivity contribution in [1.29, 1.82) is 0 Å². The minimum absolute atomic E-state index is 0.143. The first-order valence-corrected chi connectivity index (χ1v) is 6.42. The molecule has 0 bridgehead atoms. The van der Waals surface area contributed by atoms with Crippen LogP contribution in [0, 0.1) is 5.82 Å². The molecule has 1 aromatic heterocycles. The summed E-state index contributed by atoms with van der Waals surface area (Å²) in [6, 6.07) is 10.5. The molecule has 2 aromatic rings. The van der Waals surface area contributed by atoms with Gasteiger partial charge in [-0.2, -0.15) is 5.10 Å². The standard InChI is InChI=1S/C15H13FN4O2/c16-12-5-3-4-11(8-12)15(22)18-10-14(21)20-19-9-13-6-1-2-7-17-13/h1-9H,10H2,(H,18,22)(H,20,21). The van der Waals surface area contributed by atoms with E-state index in [1.54, 1.807) is 24.4 Å². The molecule has 0 aliphatic carbocycles. The van der Waals surface area contributed by atoms with Crippen molar-refractivity contribution < 1.29 is 14.0 Å². The van der Waals surface area contributed by atoms with Crippen LogP contribution in [0.2, 0.25) is 0 Å². The SMILES string of the molecule is O=C(CNC(=O)c1cccc(F)c1)NN=Cc1ccccn1. The predicted octanol–water partition coefficient (Wildman–Crippen LogP) is 1.10. The van der Waals surface area contributed by atoms with Gasteiger partial charge in [0, 0.05) is 11.8 Å². The molecule has 0 saturated carbocycles. The van der Waals surface area contributed by atoms with E-state index in [2.05, 4.69) is 20.8 Å². The molecule has 0 unspecified atom stereocenters. The number of hydrazone groups is 1. The van der Waals surface area contributed by atoms with Crippen molar-refractivity contribution in [2.45, 2.75) is 0 Å². The summed E-state index contributed by atoms with van der Waals surface area (Å²) < 4.78 is 13.0. The van der Waals surface area contributed by atoms with E-state index >= 15 is 0 Å². The number of hydrogen-bond donors (Lipinski definition) is 2. The summed E-state index contributed by atoms with van der Waals surface area (Å²) in [5, 5.41) is 6.08. The van der Waals surface area contributed by atoms with Gasteiger partial charge in [0.15, 0.2) is 0 Å². The molecule has 1 heterocycles. The van der Waals surface area contributed by atoms with Crippen LogP contribution in [0.3, 0.4) is 0 Å². The Balaban J connectivity index is 1.78. The Kier molecular flexibility index (Phi) is 5.31. The average molecular weight is 300 g/mol. The van der Waals surface area contributed by atoms with Gasteiger partial charge in [-0.15, -0.1) is 0 Å². The Bertz CT molecular complexity index is 689. The van der Waals surface area contributed by atoms with E-state index in [1.807, 2.05) is 0 Å². The van der Waals surface area contributed by atoms with Gasteiger partial charge in [-0.1, -0.05) is 12.1 Å². The van der Waals surface area contributed by atoms with Crippen LogP contribution in [-0.2, 0) is 4.79 Å². The lowest BCUT2D eigenvalue weighted by atomic mass is 10.2. The van der Waals surface area contributed by atoms with Crippen molar-refractivity contribution in [2.24, 2.45) is 5.10 Å². The maximum absolute atomic E-state index is 13.0. The second kappa shape index (κ2) is 7.63. The highest BCUT2D eigenvalue weighted by Gasteiger charge is 2.08. The number of nitrogens with zero attached hydrogens (tertiary/aromatic N) is 2. The summed E-state index contributed by atoms with van der Waals surface area (Å²) in [6.07, 6.45) is 2.98. The zero-order valence-corrected chi connectivity index (χ0v) is 11.5. The van der Waals surface area contributed by atoms with Crippen LogP contribution in [0.1, 0.15) is 16.1 Å². The van der Waals surface area contributed by atoms with E-state index in [4.69, 9.17) is 0 Å². The van der Waals surface area contributed by atoms with Crippen molar-refractivity contribution in [2.75, 3.05) is 6.54 Å². The lowest BCUT2D eigenvalue weighted by Gasteiger charge is -2.04. The Labute approximate surface area is 126 Å². The van der Waals surface area contributed by atoms with Gasteiger partial charge in [-0.05, 0) is 30.3 Å². The molecule has 2 N–H and O–H groups in total. The molecular weight excluding hydrogens is 287 g/mol. The Morgan fingerprint density at radius 1 is 1.23 bits per heavy atom. The highest BCUT2D eigenvalue weighted by molar-refractivity contribution is 5.96. The molecule has 22 heavy (non-hydrogen) atoms. The van der Waals surface area contributed by atoms with E-state index in [0.717, 1.165) is 6.07 Å². The van der Waals surface area contributed by atoms with E-state index in [9.17, 15) is 14.0 Å². The monoisotopic (exact) mass is 300 g/mol. The number of aromatic nitrogens is 1. The molecule has 0 aliphatic heterocycles. The zero-order chi connectivity index (χ0) is 15.8. The Morgan fingerprint density at radius 3 is 2.82 bits per heavy atom. The minimum atomic E-state index is -0.539. The third-order valence-corrected chi connectivity index (χ3v) is 2.57. The summed E-state index contributed by atoms with van der Waals surface area (Å²) in [5.74, 6) is -1.56. The van der Waals surface area contributed by atoms with Crippen LogP contribution in [0.4, 0.5) is 4.39 Å². The lowest BCUT2D eigenvalue weighted by molar-refractivity contribution is -0.120. The molecule has 6 nitrogen and oxygen atoms in total. The van der Waals surface area contributed by atoms with Crippen LogP contribution in [0.5, 0.6) is 0 Å².